The third-order valence-electron chi connectivity index (χ3n) is 2.80. The summed E-state index contributed by atoms with van der Waals surface area (Å²) >= 11 is 1.17. The molecule has 1 heterocycles. The van der Waals surface area contributed by atoms with Crippen LogP contribution in [0.5, 0.6) is 5.75 Å². The lowest BCUT2D eigenvalue weighted by molar-refractivity contribution is -0.139. The molecule has 1 amide bonds. The Hall–Kier alpha value is -2.02. The first-order chi connectivity index (χ1) is 9.51. The summed E-state index contributed by atoms with van der Waals surface area (Å²) in [6.45, 7) is 0. The Morgan fingerprint density at radius 3 is 2.65 bits per heavy atom. The number of hydrogen-bond donors (Lipinski definition) is 1. The van der Waals surface area contributed by atoms with Crippen molar-refractivity contribution in [1.29, 1.82) is 0 Å². The molecule has 1 fully saturated rings. The molecule has 1 aromatic carbocycles. The van der Waals surface area contributed by atoms with E-state index in [1.165, 1.54) is 16.7 Å². The van der Waals surface area contributed by atoms with Crippen LogP contribution in [0.2, 0.25) is 0 Å². The number of hydrogen-bond acceptors (Lipinski definition) is 5. The molecule has 106 valence electrons. The van der Waals surface area contributed by atoms with E-state index in [1.807, 2.05) is 0 Å². The maximum atomic E-state index is 11.9. The van der Waals surface area contributed by atoms with Gasteiger partial charge in [0.15, 0.2) is 5.17 Å². The van der Waals surface area contributed by atoms with Crippen LogP contribution in [-0.2, 0) is 9.59 Å². The van der Waals surface area contributed by atoms with Crippen LogP contribution >= 0.6 is 11.8 Å². The number of amidine groups is 1. The smallest absolute Gasteiger partial charge is 0.305 e. The maximum Gasteiger partial charge on any atom is 0.305 e. The van der Waals surface area contributed by atoms with Gasteiger partial charge in [0.25, 0.3) is 0 Å². The first kappa shape index (κ1) is 14.4. The van der Waals surface area contributed by atoms with E-state index in [2.05, 4.69) is 4.99 Å². The zero-order valence-corrected chi connectivity index (χ0v) is 11.9. The van der Waals surface area contributed by atoms with Crippen LogP contribution in [0, 0.1) is 0 Å². The van der Waals surface area contributed by atoms with Crippen molar-refractivity contribution in [2.45, 2.75) is 11.7 Å². The molecule has 1 aromatic rings. The Bertz CT molecular complexity index is 556. The van der Waals surface area contributed by atoms with Crippen molar-refractivity contribution in [2.24, 2.45) is 4.99 Å². The molecule has 20 heavy (non-hydrogen) atoms. The first-order valence-corrected chi connectivity index (χ1v) is 6.78. The lowest BCUT2D eigenvalue weighted by Crippen LogP contribution is -2.28. The Labute approximate surface area is 120 Å². The van der Waals surface area contributed by atoms with Gasteiger partial charge in [0, 0.05) is 7.05 Å². The number of carboxylic acid groups (broad SMARTS) is 1. The van der Waals surface area contributed by atoms with E-state index in [1.54, 1.807) is 38.4 Å². The van der Waals surface area contributed by atoms with Crippen LogP contribution in [0.1, 0.15) is 6.42 Å². The lowest BCUT2D eigenvalue weighted by Gasteiger charge is -2.08. The topological polar surface area (TPSA) is 79.2 Å². The van der Waals surface area contributed by atoms with Gasteiger partial charge >= 0.3 is 5.97 Å². The number of aliphatic carboxylic acids is 1. The molecule has 1 N–H and O–H groups in total. The van der Waals surface area contributed by atoms with Crippen LogP contribution < -0.4 is 4.74 Å². The number of carboxylic acids is 1. The lowest BCUT2D eigenvalue weighted by atomic mass is 10.3. The van der Waals surface area contributed by atoms with Gasteiger partial charge in [-0.1, -0.05) is 11.8 Å². The largest absolute Gasteiger partial charge is 0.497 e. The molecule has 0 saturated carbocycles. The number of amides is 1. The predicted molar refractivity (Wildman–Crippen MR) is 76.5 cm³/mol. The van der Waals surface area contributed by atoms with E-state index >= 15 is 0 Å². The van der Waals surface area contributed by atoms with Crippen molar-refractivity contribution in [3.05, 3.63) is 24.3 Å². The summed E-state index contributed by atoms with van der Waals surface area (Å²) in [4.78, 5) is 28.3. The van der Waals surface area contributed by atoms with Crippen LogP contribution in [0.15, 0.2) is 29.3 Å². The molecule has 2 rings (SSSR count). The molecule has 1 aliphatic rings. The van der Waals surface area contributed by atoms with Gasteiger partial charge in [-0.15, -0.1) is 0 Å². The van der Waals surface area contributed by atoms with E-state index in [-0.39, 0.29) is 12.3 Å². The number of carbonyl (C=O) groups is 2. The van der Waals surface area contributed by atoms with E-state index < -0.39 is 11.2 Å². The van der Waals surface area contributed by atoms with Crippen molar-refractivity contribution < 1.29 is 19.4 Å². The van der Waals surface area contributed by atoms with Gasteiger partial charge in [0.05, 0.1) is 19.2 Å². The summed E-state index contributed by atoms with van der Waals surface area (Å²) in [7, 11) is 3.18. The average molecular weight is 294 g/mol. The van der Waals surface area contributed by atoms with Crippen LogP contribution in [0.25, 0.3) is 0 Å². The van der Waals surface area contributed by atoms with Gasteiger partial charge in [-0.05, 0) is 24.3 Å². The quantitative estimate of drug-likeness (QED) is 0.915. The van der Waals surface area contributed by atoms with Crippen molar-refractivity contribution in [3.63, 3.8) is 0 Å². The maximum absolute atomic E-state index is 11.9. The Morgan fingerprint density at radius 1 is 1.45 bits per heavy atom. The zero-order valence-electron chi connectivity index (χ0n) is 11.1. The van der Waals surface area contributed by atoms with E-state index in [0.717, 1.165) is 5.75 Å². The highest BCUT2D eigenvalue weighted by Gasteiger charge is 2.36. The normalized spacial score (nSPS) is 20.5. The fraction of sp³-hybridized carbons (Fsp3) is 0.308. The van der Waals surface area contributed by atoms with Crippen molar-refractivity contribution in [1.82, 2.24) is 4.90 Å². The van der Waals surface area contributed by atoms with E-state index in [9.17, 15) is 9.59 Å². The molecular formula is C13H14N2O4S. The van der Waals surface area contributed by atoms with Crippen LogP contribution in [0.4, 0.5) is 5.69 Å². The Kier molecular flexibility index (Phi) is 4.29. The highest BCUT2D eigenvalue weighted by Crippen LogP contribution is 2.30. The van der Waals surface area contributed by atoms with E-state index in [4.69, 9.17) is 9.84 Å². The number of thioether (sulfide) groups is 1. The summed E-state index contributed by atoms with van der Waals surface area (Å²) in [5.74, 6) is -0.499. The van der Waals surface area contributed by atoms with Gasteiger partial charge in [-0.3, -0.25) is 14.5 Å². The number of aliphatic imine (C=N–C) groups is 1. The third-order valence-corrected chi connectivity index (χ3v) is 4.03. The second kappa shape index (κ2) is 5.96. The fourth-order valence-electron chi connectivity index (χ4n) is 1.72. The molecule has 7 heteroatoms. The summed E-state index contributed by atoms with van der Waals surface area (Å²) in [6.07, 6.45) is -0.199. The molecule has 0 spiro atoms. The number of carbonyl (C=O) groups excluding carboxylic acids is 1. The molecule has 6 nitrogen and oxygen atoms in total. The number of methoxy groups -OCH3 is 1. The van der Waals surface area contributed by atoms with Gasteiger partial charge in [0.2, 0.25) is 5.91 Å². The number of ether oxygens (including phenoxy) is 1. The van der Waals surface area contributed by atoms with E-state index in [0.29, 0.717) is 10.9 Å². The Balaban J connectivity index is 2.17. The number of nitrogens with zero attached hydrogens (tertiary/aromatic N) is 2. The SMILES string of the molecule is COc1ccc(N=C2SC(CC(=O)O)C(=O)N2C)cc1. The highest BCUT2D eigenvalue weighted by molar-refractivity contribution is 8.15. The molecule has 0 aliphatic carbocycles. The molecule has 0 bridgehead atoms. The minimum absolute atomic E-state index is 0.199. The van der Waals surface area contributed by atoms with Crippen LogP contribution in [-0.4, -0.2) is 46.5 Å². The minimum atomic E-state index is -0.991. The molecule has 1 saturated heterocycles. The molecule has 1 atom stereocenters. The van der Waals surface area contributed by atoms with Gasteiger partial charge in [-0.2, -0.15) is 0 Å². The molecular weight excluding hydrogens is 280 g/mol. The monoisotopic (exact) mass is 294 g/mol. The van der Waals surface area contributed by atoms with Gasteiger partial charge in [-0.25, -0.2) is 4.99 Å². The minimum Gasteiger partial charge on any atom is -0.497 e. The van der Waals surface area contributed by atoms with Crippen LogP contribution in [0.3, 0.4) is 0 Å². The summed E-state index contributed by atoms with van der Waals surface area (Å²) in [5.41, 5.74) is 0.684. The average Bonchev–Trinajstić information content (AvgIpc) is 2.67. The second-order valence-electron chi connectivity index (χ2n) is 4.19. The van der Waals surface area contributed by atoms with Crippen molar-refractivity contribution in [3.8, 4) is 5.75 Å². The van der Waals surface area contributed by atoms with Crippen molar-refractivity contribution in [2.75, 3.05) is 14.2 Å². The van der Waals surface area contributed by atoms with Gasteiger partial charge < -0.3 is 9.84 Å². The summed E-state index contributed by atoms with van der Waals surface area (Å²) in [5, 5.41) is 8.68. The molecule has 1 unspecified atom stereocenters. The Morgan fingerprint density at radius 2 is 2.10 bits per heavy atom. The summed E-state index contributed by atoms with van der Waals surface area (Å²) in [6, 6.07) is 7.09. The highest BCUT2D eigenvalue weighted by atomic mass is 32.2. The molecule has 1 aliphatic heterocycles. The zero-order chi connectivity index (χ0) is 14.7. The predicted octanol–water partition coefficient (Wildman–Crippen LogP) is 1.73. The third kappa shape index (κ3) is 3.11. The van der Waals surface area contributed by atoms with Crippen molar-refractivity contribution >= 4 is 34.5 Å². The first-order valence-electron chi connectivity index (χ1n) is 5.90. The summed E-state index contributed by atoms with van der Waals surface area (Å²) < 4.78 is 5.05. The molecule has 0 radical (unpaired) electrons. The number of rotatable bonds is 4. The standard InChI is InChI=1S/C13H14N2O4S/c1-15-12(18)10(7-11(16)17)20-13(15)14-8-3-5-9(19-2)6-4-8/h3-6,10H,7H2,1-2H3,(H,16,17). The second-order valence-corrected chi connectivity index (χ2v) is 5.36. The molecule has 0 aromatic heterocycles. The van der Waals surface area contributed by atoms with Gasteiger partial charge in [0.1, 0.15) is 11.0 Å². The number of benzene rings is 1. The fourth-order valence-corrected chi connectivity index (χ4v) is 2.87.